The van der Waals surface area contributed by atoms with E-state index in [2.05, 4.69) is 5.32 Å². The molecule has 2 rings (SSSR count). The minimum Gasteiger partial charge on any atom is -0.530 e. The summed E-state index contributed by atoms with van der Waals surface area (Å²) in [6.45, 7) is 3.00. The summed E-state index contributed by atoms with van der Waals surface area (Å²) in [7, 11) is 0. The van der Waals surface area contributed by atoms with E-state index in [9.17, 15) is 33.0 Å². The summed E-state index contributed by atoms with van der Waals surface area (Å²) in [5.74, 6) is -1.49. The van der Waals surface area contributed by atoms with Gasteiger partial charge in [0.15, 0.2) is 6.10 Å². The van der Waals surface area contributed by atoms with Crippen LogP contribution in [0, 0.1) is 5.92 Å². The molecular weight excluding hydrogens is 437 g/mol. The van der Waals surface area contributed by atoms with Crippen molar-refractivity contribution >= 4 is 12.0 Å². The van der Waals surface area contributed by atoms with Crippen molar-refractivity contribution in [1.29, 1.82) is 0 Å². The molecule has 2 aromatic rings. The molecule has 6 nitrogen and oxygen atoms in total. The molecule has 2 N–H and O–H groups in total. The van der Waals surface area contributed by atoms with E-state index in [4.69, 9.17) is 0 Å². The first-order valence-corrected chi connectivity index (χ1v) is 10.6. The van der Waals surface area contributed by atoms with Gasteiger partial charge in [-0.2, -0.15) is 13.2 Å². The van der Waals surface area contributed by atoms with Crippen LogP contribution in [-0.2, 0) is 17.8 Å². The van der Waals surface area contributed by atoms with Crippen LogP contribution >= 0.6 is 0 Å². The fourth-order valence-corrected chi connectivity index (χ4v) is 3.63. The average Bonchev–Trinajstić information content (AvgIpc) is 2.76. The molecule has 2 amide bonds. The summed E-state index contributed by atoms with van der Waals surface area (Å²) >= 11 is 0. The normalized spacial score (nSPS) is 14.4. The Balaban J connectivity index is 2.24. The molecule has 0 unspecified atom stereocenters. The fourth-order valence-electron chi connectivity index (χ4n) is 3.63. The van der Waals surface area contributed by atoms with E-state index in [0.717, 1.165) is 10.5 Å². The number of aryl methyl sites for hydroxylation is 1. The lowest BCUT2D eigenvalue weighted by molar-refractivity contribution is -0.269. The topological polar surface area (TPSA) is 92.7 Å². The number of nitrogens with one attached hydrogen (secondary N) is 1. The molecule has 0 aromatic heterocycles. The van der Waals surface area contributed by atoms with Crippen molar-refractivity contribution in [1.82, 2.24) is 10.2 Å². The van der Waals surface area contributed by atoms with Gasteiger partial charge in [0.2, 0.25) is 5.91 Å². The molecule has 0 aliphatic rings. The summed E-state index contributed by atoms with van der Waals surface area (Å²) < 4.78 is 39.9. The van der Waals surface area contributed by atoms with Gasteiger partial charge in [0, 0.05) is 6.54 Å². The van der Waals surface area contributed by atoms with Gasteiger partial charge < -0.3 is 25.2 Å². The Labute approximate surface area is 191 Å². The molecule has 0 aliphatic heterocycles. The number of aliphatic hydroxyl groups is 1. The van der Waals surface area contributed by atoms with Gasteiger partial charge in [0.1, 0.15) is 12.1 Å². The highest BCUT2D eigenvalue weighted by molar-refractivity contribution is 5.85. The Morgan fingerprint density at radius 3 is 1.97 bits per heavy atom. The number of carbonyl (C=O) groups is 2. The predicted octanol–water partition coefficient (Wildman–Crippen LogP) is 2.90. The summed E-state index contributed by atoms with van der Waals surface area (Å²) in [6, 6.07) is 14.2. The van der Waals surface area contributed by atoms with E-state index < -0.39 is 42.3 Å². The summed E-state index contributed by atoms with van der Waals surface area (Å²) in [5.41, 5.74) is 1.34. The fraction of sp³-hybridized carbons (Fsp3) is 0.417. The zero-order valence-electron chi connectivity index (χ0n) is 18.5. The molecule has 2 aromatic carbocycles. The van der Waals surface area contributed by atoms with Crippen molar-refractivity contribution in [2.45, 2.75) is 57.6 Å². The van der Waals surface area contributed by atoms with Gasteiger partial charge in [-0.1, -0.05) is 74.5 Å². The van der Waals surface area contributed by atoms with E-state index in [1.54, 1.807) is 74.5 Å². The lowest BCUT2D eigenvalue weighted by Crippen LogP contribution is -2.59. The number of amides is 2. The molecule has 0 fully saturated rings. The number of halogens is 3. The third-order valence-corrected chi connectivity index (χ3v) is 5.30. The molecule has 0 saturated heterocycles. The zero-order valence-corrected chi connectivity index (χ0v) is 18.5. The maximum atomic E-state index is 13.3. The van der Waals surface area contributed by atoms with Crippen LogP contribution in [0.1, 0.15) is 31.4 Å². The quantitative estimate of drug-likeness (QED) is 0.564. The summed E-state index contributed by atoms with van der Waals surface area (Å²) in [5, 5.41) is 24.0. The van der Waals surface area contributed by atoms with Gasteiger partial charge in [-0.15, -0.1) is 0 Å². The third kappa shape index (κ3) is 7.78. The molecule has 0 bridgehead atoms. The van der Waals surface area contributed by atoms with Crippen LogP contribution in [0.25, 0.3) is 0 Å². The first kappa shape index (κ1) is 26.2. The van der Waals surface area contributed by atoms with Crippen LogP contribution < -0.4 is 10.4 Å². The third-order valence-electron chi connectivity index (χ3n) is 5.30. The number of carbonyl (C=O) groups excluding carboxylic acids is 2. The number of aliphatic hydroxyl groups excluding tert-OH is 1. The van der Waals surface area contributed by atoms with Crippen LogP contribution in [-0.4, -0.2) is 46.4 Å². The van der Waals surface area contributed by atoms with Crippen molar-refractivity contribution in [2.75, 3.05) is 0 Å². The van der Waals surface area contributed by atoms with Gasteiger partial charge in [-0.3, -0.25) is 4.79 Å². The molecule has 3 atom stereocenters. The van der Waals surface area contributed by atoms with E-state index >= 15 is 0 Å². The predicted molar refractivity (Wildman–Crippen MR) is 115 cm³/mol. The minimum atomic E-state index is -4.96. The van der Waals surface area contributed by atoms with E-state index in [0.29, 0.717) is 5.56 Å². The molecule has 33 heavy (non-hydrogen) atoms. The molecule has 0 spiro atoms. The van der Waals surface area contributed by atoms with Crippen LogP contribution in [0.5, 0.6) is 0 Å². The van der Waals surface area contributed by atoms with Gasteiger partial charge in [-0.05, 0) is 29.9 Å². The first-order valence-electron chi connectivity index (χ1n) is 10.6. The Kier molecular flexibility index (Phi) is 9.28. The molecule has 0 aliphatic carbocycles. The number of benzene rings is 2. The highest BCUT2D eigenvalue weighted by Gasteiger charge is 2.44. The highest BCUT2D eigenvalue weighted by Crippen LogP contribution is 2.25. The second-order valence-electron chi connectivity index (χ2n) is 8.19. The second-order valence-corrected chi connectivity index (χ2v) is 8.19. The van der Waals surface area contributed by atoms with Crippen LogP contribution in [0.4, 0.5) is 18.0 Å². The number of alkyl halides is 3. The van der Waals surface area contributed by atoms with Crippen LogP contribution in [0.15, 0.2) is 60.7 Å². The van der Waals surface area contributed by atoms with Crippen molar-refractivity contribution in [3.05, 3.63) is 71.8 Å². The van der Waals surface area contributed by atoms with E-state index in [-0.39, 0.29) is 19.4 Å². The molecular formula is C24H28F3N2O4-. The Hall–Kier alpha value is -3.07. The van der Waals surface area contributed by atoms with Gasteiger partial charge in [0.25, 0.3) is 0 Å². The number of rotatable bonds is 10. The Morgan fingerprint density at radius 2 is 1.52 bits per heavy atom. The SMILES string of the molecule is CC(C)[C@@H](C(=O)N[C@@H](CCc1ccccc1)[C@H](O)C(F)(F)F)N(Cc1ccccc1)C(=O)[O-]. The van der Waals surface area contributed by atoms with Gasteiger partial charge in [-0.25, -0.2) is 0 Å². The standard InChI is InChI=1S/C24H29F3N2O4/c1-16(2)20(29(23(32)33)15-18-11-7-4-8-12-18)22(31)28-19(21(30)24(25,26)27)14-13-17-9-5-3-6-10-17/h3-12,16,19-21,30H,13-15H2,1-2H3,(H,28,31)(H,32,33)/p-1/t19-,20-,21-/m0/s1. The lowest BCUT2D eigenvalue weighted by Gasteiger charge is -2.37. The first-order chi connectivity index (χ1) is 15.5. The lowest BCUT2D eigenvalue weighted by atomic mass is 9.97. The molecule has 0 saturated carbocycles. The monoisotopic (exact) mass is 465 g/mol. The average molecular weight is 465 g/mol. The van der Waals surface area contributed by atoms with E-state index in [1.807, 2.05) is 0 Å². The van der Waals surface area contributed by atoms with Crippen LogP contribution in [0.2, 0.25) is 0 Å². The van der Waals surface area contributed by atoms with Gasteiger partial charge in [0.05, 0.1) is 6.04 Å². The summed E-state index contributed by atoms with van der Waals surface area (Å²) in [4.78, 5) is 25.7. The maximum Gasteiger partial charge on any atom is 0.416 e. The number of hydrogen-bond acceptors (Lipinski definition) is 4. The zero-order chi connectivity index (χ0) is 24.6. The van der Waals surface area contributed by atoms with Crippen molar-refractivity contribution in [3.63, 3.8) is 0 Å². The van der Waals surface area contributed by atoms with Crippen molar-refractivity contribution in [3.8, 4) is 0 Å². The number of carboxylic acid groups (broad SMARTS) is 1. The Morgan fingerprint density at radius 1 is 1.00 bits per heavy atom. The Bertz CT molecular complexity index is 892. The molecule has 9 heteroatoms. The van der Waals surface area contributed by atoms with Gasteiger partial charge >= 0.3 is 6.18 Å². The minimum absolute atomic E-state index is 0.171. The molecule has 0 radical (unpaired) electrons. The second kappa shape index (κ2) is 11.7. The summed E-state index contributed by atoms with van der Waals surface area (Å²) in [6.07, 6.45) is -9.39. The number of nitrogens with zero attached hydrogens (tertiary/aromatic N) is 1. The van der Waals surface area contributed by atoms with Crippen molar-refractivity contribution < 1.29 is 33.0 Å². The van der Waals surface area contributed by atoms with E-state index in [1.165, 1.54) is 0 Å². The largest absolute Gasteiger partial charge is 0.530 e. The molecule has 180 valence electrons. The van der Waals surface area contributed by atoms with Crippen molar-refractivity contribution in [2.24, 2.45) is 5.92 Å². The molecule has 0 heterocycles. The maximum absolute atomic E-state index is 13.3. The van der Waals surface area contributed by atoms with Crippen LogP contribution in [0.3, 0.4) is 0 Å². The number of hydrogen-bond donors (Lipinski definition) is 2. The highest BCUT2D eigenvalue weighted by atomic mass is 19.4. The smallest absolute Gasteiger partial charge is 0.416 e.